The lowest BCUT2D eigenvalue weighted by Gasteiger charge is -2.26. The second-order valence-electron chi connectivity index (χ2n) is 6.79. The lowest BCUT2D eigenvalue weighted by atomic mass is 10.2. The molecule has 0 N–H and O–H groups in total. The fourth-order valence-electron chi connectivity index (χ4n) is 2.75. The Bertz CT molecular complexity index is 938. The third kappa shape index (κ3) is 8.41. The van der Waals surface area contributed by atoms with E-state index >= 15 is 0 Å². The maximum Gasteiger partial charge on any atom is 0.361 e. The van der Waals surface area contributed by atoms with E-state index in [0.717, 1.165) is 11.1 Å². The molecule has 2 aromatic rings. The van der Waals surface area contributed by atoms with Crippen molar-refractivity contribution in [1.82, 2.24) is 0 Å². The van der Waals surface area contributed by atoms with Gasteiger partial charge in [-0.2, -0.15) is 8.42 Å². The van der Waals surface area contributed by atoms with E-state index in [2.05, 4.69) is 0 Å². The Kier molecular flexibility index (Phi) is 11.0. The standard InChI is InChI=1S/C22H31O8PS/c1-4-28-31(23,29-5-2)22(18-26-17-20-9-7-6-8-10-20)27-15-16-30-32(24,25)21-13-11-19(3)12-14-21/h6-14,22H,4-5,15-18H2,1-3H3. The van der Waals surface area contributed by atoms with Crippen LogP contribution in [0.25, 0.3) is 0 Å². The van der Waals surface area contributed by atoms with E-state index < -0.39 is 23.6 Å². The number of hydrogen-bond acceptors (Lipinski definition) is 8. The molecule has 10 heteroatoms. The van der Waals surface area contributed by atoms with Crippen LogP contribution in [0.15, 0.2) is 59.5 Å². The first-order chi connectivity index (χ1) is 15.3. The van der Waals surface area contributed by atoms with Crippen molar-refractivity contribution in [3.05, 3.63) is 65.7 Å². The Hall–Kier alpha value is -1.58. The fraction of sp³-hybridized carbons (Fsp3) is 0.455. The van der Waals surface area contributed by atoms with Crippen molar-refractivity contribution in [3.63, 3.8) is 0 Å². The van der Waals surface area contributed by atoms with Gasteiger partial charge < -0.3 is 18.5 Å². The van der Waals surface area contributed by atoms with Crippen LogP contribution >= 0.6 is 7.60 Å². The Morgan fingerprint density at radius 3 is 2.12 bits per heavy atom. The van der Waals surface area contributed by atoms with Gasteiger partial charge in [-0.3, -0.25) is 8.75 Å². The van der Waals surface area contributed by atoms with Gasteiger partial charge in [-0.05, 0) is 38.5 Å². The van der Waals surface area contributed by atoms with Crippen LogP contribution in [0.4, 0.5) is 0 Å². The van der Waals surface area contributed by atoms with Crippen LogP contribution in [0.5, 0.6) is 0 Å². The van der Waals surface area contributed by atoms with E-state index in [-0.39, 0.29) is 44.5 Å². The monoisotopic (exact) mass is 486 g/mol. The van der Waals surface area contributed by atoms with E-state index in [0.29, 0.717) is 0 Å². The first kappa shape index (κ1) is 26.7. The Balaban J connectivity index is 1.97. The summed E-state index contributed by atoms with van der Waals surface area (Å²) in [4.78, 5) is 0.0557. The third-order valence-corrected chi connectivity index (χ3v) is 7.85. The summed E-state index contributed by atoms with van der Waals surface area (Å²) in [5.74, 6) is -1.03. The van der Waals surface area contributed by atoms with Crippen molar-refractivity contribution < 1.29 is 35.7 Å². The molecule has 0 amide bonds. The van der Waals surface area contributed by atoms with Crippen molar-refractivity contribution in [2.24, 2.45) is 0 Å². The maximum absolute atomic E-state index is 13.2. The van der Waals surface area contributed by atoms with E-state index in [1.165, 1.54) is 12.1 Å². The molecular weight excluding hydrogens is 455 g/mol. The van der Waals surface area contributed by atoms with Gasteiger partial charge >= 0.3 is 7.60 Å². The molecule has 0 spiro atoms. The zero-order valence-corrected chi connectivity index (χ0v) is 20.3. The number of hydrogen-bond donors (Lipinski definition) is 0. The van der Waals surface area contributed by atoms with Gasteiger partial charge in [0.15, 0.2) is 5.85 Å². The number of benzene rings is 2. The summed E-state index contributed by atoms with van der Waals surface area (Å²) in [6, 6.07) is 15.8. The number of rotatable bonds is 15. The van der Waals surface area contributed by atoms with E-state index in [1.54, 1.807) is 26.0 Å². The molecule has 178 valence electrons. The van der Waals surface area contributed by atoms with Crippen LogP contribution < -0.4 is 0 Å². The average molecular weight is 487 g/mol. The van der Waals surface area contributed by atoms with Gasteiger partial charge in [-0.25, -0.2) is 0 Å². The first-order valence-electron chi connectivity index (χ1n) is 10.4. The molecule has 32 heavy (non-hydrogen) atoms. The summed E-state index contributed by atoms with van der Waals surface area (Å²) in [7, 11) is -7.57. The molecular formula is C22H31O8PS. The highest BCUT2D eigenvalue weighted by molar-refractivity contribution is 7.86. The Morgan fingerprint density at radius 1 is 0.906 bits per heavy atom. The molecule has 2 rings (SSSR count). The lowest BCUT2D eigenvalue weighted by molar-refractivity contribution is -0.00768. The first-order valence-corrected chi connectivity index (χ1v) is 13.4. The summed E-state index contributed by atoms with van der Waals surface area (Å²) in [6.07, 6.45) is 0. The molecule has 0 aliphatic rings. The van der Waals surface area contributed by atoms with E-state index in [4.69, 9.17) is 22.7 Å². The number of aryl methyl sites for hydroxylation is 1. The van der Waals surface area contributed by atoms with Crippen molar-refractivity contribution in [1.29, 1.82) is 0 Å². The molecule has 1 unspecified atom stereocenters. The normalized spacial score (nSPS) is 13.2. The molecule has 8 nitrogen and oxygen atoms in total. The van der Waals surface area contributed by atoms with Crippen molar-refractivity contribution >= 4 is 17.7 Å². The predicted octanol–water partition coefficient (Wildman–Crippen LogP) is 4.53. The fourth-order valence-corrected chi connectivity index (χ4v) is 5.34. The maximum atomic E-state index is 13.2. The second kappa shape index (κ2) is 13.2. The summed E-state index contributed by atoms with van der Waals surface area (Å²) >= 11 is 0. The SMILES string of the molecule is CCOP(=O)(OCC)C(COCc1ccccc1)OCCOS(=O)(=O)c1ccc(C)cc1. The molecule has 0 bridgehead atoms. The summed E-state index contributed by atoms with van der Waals surface area (Å²) in [6.45, 7) is 5.41. The minimum absolute atomic E-state index is 0.0557. The largest absolute Gasteiger partial charge is 0.373 e. The van der Waals surface area contributed by atoms with Crippen LogP contribution in [0, 0.1) is 6.92 Å². The van der Waals surface area contributed by atoms with Gasteiger partial charge in [-0.1, -0.05) is 48.0 Å². The van der Waals surface area contributed by atoms with Crippen molar-refractivity contribution in [2.45, 2.75) is 38.1 Å². The minimum Gasteiger partial charge on any atom is -0.373 e. The van der Waals surface area contributed by atoms with E-state index in [9.17, 15) is 13.0 Å². The summed E-state index contributed by atoms with van der Waals surface area (Å²) in [5, 5.41) is 0. The van der Waals surface area contributed by atoms with E-state index in [1.807, 2.05) is 37.3 Å². The Morgan fingerprint density at radius 2 is 1.53 bits per heavy atom. The third-order valence-electron chi connectivity index (χ3n) is 4.28. The highest BCUT2D eigenvalue weighted by atomic mass is 32.2. The minimum atomic E-state index is -3.93. The van der Waals surface area contributed by atoms with Crippen LogP contribution in [0.1, 0.15) is 25.0 Å². The molecule has 0 radical (unpaired) electrons. The molecule has 0 heterocycles. The summed E-state index contributed by atoms with van der Waals surface area (Å²) in [5.41, 5.74) is 1.88. The smallest absolute Gasteiger partial charge is 0.361 e. The van der Waals surface area contributed by atoms with Gasteiger partial charge in [0.05, 0.1) is 44.5 Å². The zero-order valence-electron chi connectivity index (χ0n) is 18.6. The van der Waals surface area contributed by atoms with Crippen LogP contribution in [0.2, 0.25) is 0 Å². The van der Waals surface area contributed by atoms with Gasteiger partial charge in [0, 0.05) is 0 Å². The number of ether oxygens (including phenoxy) is 2. The van der Waals surface area contributed by atoms with Gasteiger partial charge in [0.1, 0.15) is 0 Å². The van der Waals surface area contributed by atoms with Gasteiger partial charge in [-0.15, -0.1) is 0 Å². The topological polar surface area (TPSA) is 97.4 Å². The molecule has 0 aromatic heterocycles. The van der Waals surface area contributed by atoms with Crippen LogP contribution in [0.3, 0.4) is 0 Å². The Labute approximate surface area is 190 Å². The quantitative estimate of drug-likeness (QED) is 0.206. The van der Waals surface area contributed by atoms with Crippen LogP contribution in [-0.4, -0.2) is 47.3 Å². The molecule has 1 atom stereocenters. The second-order valence-corrected chi connectivity index (χ2v) is 10.6. The summed E-state index contributed by atoms with van der Waals surface area (Å²) < 4.78 is 65.0. The van der Waals surface area contributed by atoms with Crippen molar-refractivity contribution in [2.75, 3.05) is 33.0 Å². The highest BCUT2D eigenvalue weighted by Gasteiger charge is 2.37. The molecule has 0 aliphatic carbocycles. The molecule has 0 saturated heterocycles. The zero-order chi connectivity index (χ0) is 23.5. The average Bonchev–Trinajstić information content (AvgIpc) is 2.76. The van der Waals surface area contributed by atoms with Crippen LogP contribution in [-0.2, 0) is 44.0 Å². The highest BCUT2D eigenvalue weighted by Crippen LogP contribution is 2.53. The molecule has 2 aromatic carbocycles. The van der Waals surface area contributed by atoms with Crippen molar-refractivity contribution in [3.8, 4) is 0 Å². The molecule has 0 aliphatic heterocycles. The molecule has 0 fully saturated rings. The lowest BCUT2D eigenvalue weighted by Crippen LogP contribution is -2.25. The predicted molar refractivity (Wildman–Crippen MR) is 121 cm³/mol. The van der Waals surface area contributed by atoms with Gasteiger partial charge in [0.2, 0.25) is 0 Å². The molecule has 0 saturated carbocycles. The van der Waals surface area contributed by atoms with Gasteiger partial charge in [0.25, 0.3) is 10.1 Å².